The van der Waals surface area contributed by atoms with Crippen LogP contribution in [-0.4, -0.2) is 5.78 Å². The molecule has 0 spiro atoms. The van der Waals surface area contributed by atoms with E-state index in [1.807, 2.05) is 6.07 Å². The summed E-state index contributed by atoms with van der Waals surface area (Å²) >= 11 is 6.64. The summed E-state index contributed by atoms with van der Waals surface area (Å²) in [4.78, 5) is 12.2. The van der Waals surface area contributed by atoms with Gasteiger partial charge in [0.05, 0.1) is 0 Å². The molecule has 0 aliphatic rings. The monoisotopic (exact) mass is 356 g/mol. The van der Waals surface area contributed by atoms with Gasteiger partial charge in [-0.15, -0.1) is 0 Å². The van der Waals surface area contributed by atoms with Crippen molar-refractivity contribution in [3.05, 3.63) is 68.4 Å². The lowest BCUT2D eigenvalue weighted by Crippen LogP contribution is -2.02. The lowest BCUT2D eigenvalue weighted by molar-refractivity contribution is 0.103. The van der Waals surface area contributed by atoms with E-state index in [4.69, 9.17) is 0 Å². The fraction of sp³-hybridized carbons (Fsp3) is 0. The van der Waals surface area contributed by atoms with Crippen molar-refractivity contribution in [1.29, 1.82) is 0 Å². The maximum Gasteiger partial charge on any atom is 0.194 e. The molecule has 0 saturated carbocycles. The van der Waals surface area contributed by atoms with Crippen molar-refractivity contribution in [3.8, 4) is 0 Å². The molecule has 0 unspecified atom stereocenters. The van der Waals surface area contributed by atoms with Gasteiger partial charge in [-0.3, -0.25) is 4.79 Å². The molecule has 0 N–H and O–H groups in total. The Kier molecular flexibility index (Phi) is 3.74. The van der Waals surface area contributed by atoms with Gasteiger partial charge in [0.25, 0.3) is 0 Å². The van der Waals surface area contributed by atoms with Crippen LogP contribution in [-0.2, 0) is 0 Å². The van der Waals surface area contributed by atoms with Crippen LogP contribution < -0.4 is 0 Å². The Bertz CT molecular complexity index is 564. The topological polar surface area (TPSA) is 17.1 Å². The molecular formula is C13H7Br2FO. The number of carbonyl (C=O) groups is 1. The first kappa shape index (κ1) is 12.5. The minimum atomic E-state index is -0.352. The quantitative estimate of drug-likeness (QED) is 0.719. The van der Waals surface area contributed by atoms with Crippen molar-refractivity contribution < 1.29 is 9.18 Å². The van der Waals surface area contributed by atoms with E-state index in [1.165, 1.54) is 24.3 Å². The van der Waals surface area contributed by atoms with Gasteiger partial charge in [-0.1, -0.05) is 31.9 Å². The van der Waals surface area contributed by atoms with E-state index >= 15 is 0 Å². The molecule has 17 heavy (non-hydrogen) atoms. The summed E-state index contributed by atoms with van der Waals surface area (Å²) < 4.78 is 14.3. The van der Waals surface area contributed by atoms with Gasteiger partial charge >= 0.3 is 0 Å². The smallest absolute Gasteiger partial charge is 0.194 e. The molecule has 0 fully saturated rings. The SMILES string of the molecule is O=C(c1ccc(F)cc1)c1cc(Br)ccc1Br. The van der Waals surface area contributed by atoms with Crippen molar-refractivity contribution in [1.82, 2.24) is 0 Å². The van der Waals surface area contributed by atoms with Gasteiger partial charge in [-0.05, 0) is 42.5 Å². The van der Waals surface area contributed by atoms with Crippen LogP contribution in [0.4, 0.5) is 4.39 Å². The molecule has 0 aromatic heterocycles. The molecule has 0 aliphatic carbocycles. The van der Waals surface area contributed by atoms with Crippen molar-refractivity contribution in [2.24, 2.45) is 0 Å². The summed E-state index contributed by atoms with van der Waals surface area (Å²) in [7, 11) is 0. The van der Waals surface area contributed by atoms with Crippen LogP contribution in [0.2, 0.25) is 0 Å². The van der Waals surface area contributed by atoms with Crippen LogP contribution in [0.15, 0.2) is 51.4 Å². The Hall–Kier alpha value is -1.000. The van der Waals surface area contributed by atoms with Crippen LogP contribution >= 0.6 is 31.9 Å². The standard InChI is InChI=1S/C13H7Br2FO/c14-9-3-6-12(15)11(7-9)13(17)8-1-4-10(16)5-2-8/h1-7H. The van der Waals surface area contributed by atoms with Crippen LogP contribution in [0.3, 0.4) is 0 Å². The molecule has 0 atom stereocenters. The lowest BCUT2D eigenvalue weighted by atomic mass is 10.0. The van der Waals surface area contributed by atoms with Gasteiger partial charge < -0.3 is 0 Å². The third kappa shape index (κ3) is 2.82. The maximum absolute atomic E-state index is 12.8. The summed E-state index contributed by atoms with van der Waals surface area (Å²) in [6.45, 7) is 0. The van der Waals surface area contributed by atoms with Gasteiger partial charge in [0.2, 0.25) is 0 Å². The van der Waals surface area contributed by atoms with Crippen molar-refractivity contribution in [2.45, 2.75) is 0 Å². The molecule has 2 aromatic rings. The molecule has 0 bridgehead atoms. The van der Waals surface area contributed by atoms with Crippen LogP contribution in [0.25, 0.3) is 0 Å². The van der Waals surface area contributed by atoms with Crippen LogP contribution in [0.1, 0.15) is 15.9 Å². The Morgan fingerprint density at radius 2 is 1.65 bits per heavy atom. The van der Waals surface area contributed by atoms with Gasteiger partial charge in [0.15, 0.2) is 5.78 Å². The molecule has 2 aromatic carbocycles. The Morgan fingerprint density at radius 3 is 2.29 bits per heavy atom. The molecule has 0 radical (unpaired) electrons. The highest BCUT2D eigenvalue weighted by atomic mass is 79.9. The first-order chi connectivity index (χ1) is 8.08. The Balaban J connectivity index is 2.43. The molecule has 0 amide bonds. The second-order valence-electron chi connectivity index (χ2n) is 3.46. The first-order valence-electron chi connectivity index (χ1n) is 4.83. The third-order valence-corrected chi connectivity index (χ3v) is 3.46. The van der Waals surface area contributed by atoms with Gasteiger partial charge in [0, 0.05) is 20.1 Å². The summed E-state index contributed by atoms with van der Waals surface area (Å²) in [5.74, 6) is -0.493. The first-order valence-corrected chi connectivity index (χ1v) is 6.42. The number of rotatable bonds is 2. The second kappa shape index (κ2) is 5.10. The molecule has 86 valence electrons. The summed E-state index contributed by atoms with van der Waals surface area (Å²) in [6, 6.07) is 10.9. The number of ketones is 1. The Labute approximate surface area is 115 Å². The van der Waals surface area contributed by atoms with Crippen molar-refractivity contribution >= 4 is 37.6 Å². The van der Waals surface area contributed by atoms with Gasteiger partial charge in [0.1, 0.15) is 5.82 Å². The maximum atomic E-state index is 12.8. The highest BCUT2D eigenvalue weighted by molar-refractivity contribution is 9.11. The van der Waals surface area contributed by atoms with Crippen LogP contribution in [0, 0.1) is 5.82 Å². The predicted octanol–water partition coefficient (Wildman–Crippen LogP) is 4.58. The molecular weight excluding hydrogens is 351 g/mol. The number of hydrogen-bond acceptors (Lipinski definition) is 1. The van der Waals surface area contributed by atoms with Crippen molar-refractivity contribution in [2.75, 3.05) is 0 Å². The fourth-order valence-electron chi connectivity index (χ4n) is 1.43. The minimum Gasteiger partial charge on any atom is -0.289 e. The largest absolute Gasteiger partial charge is 0.289 e. The van der Waals surface area contributed by atoms with E-state index < -0.39 is 0 Å². The fourth-order valence-corrected chi connectivity index (χ4v) is 2.22. The van der Waals surface area contributed by atoms with Gasteiger partial charge in [-0.25, -0.2) is 4.39 Å². The minimum absolute atomic E-state index is 0.141. The van der Waals surface area contributed by atoms with Gasteiger partial charge in [-0.2, -0.15) is 0 Å². The van der Waals surface area contributed by atoms with E-state index in [0.717, 1.165) is 8.95 Å². The lowest BCUT2D eigenvalue weighted by Gasteiger charge is -2.04. The average Bonchev–Trinajstić information content (AvgIpc) is 2.32. The van der Waals surface area contributed by atoms with E-state index in [0.29, 0.717) is 11.1 Å². The zero-order valence-electron chi connectivity index (χ0n) is 8.58. The molecule has 2 rings (SSSR count). The highest BCUT2D eigenvalue weighted by Crippen LogP contribution is 2.24. The van der Waals surface area contributed by atoms with E-state index in [-0.39, 0.29) is 11.6 Å². The summed E-state index contributed by atoms with van der Waals surface area (Å²) in [5, 5.41) is 0. The van der Waals surface area contributed by atoms with E-state index in [9.17, 15) is 9.18 Å². The molecule has 0 saturated heterocycles. The summed E-state index contributed by atoms with van der Waals surface area (Å²) in [6.07, 6.45) is 0. The number of halogens is 3. The zero-order chi connectivity index (χ0) is 12.4. The van der Waals surface area contributed by atoms with Crippen molar-refractivity contribution in [3.63, 3.8) is 0 Å². The van der Waals surface area contributed by atoms with E-state index in [1.54, 1.807) is 12.1 Å². The van der Waals surface area contributed by atoms with E-state index in [2.05, 4.69) is 31.9 Å². The molecule has 1 nitrogen and oxygen atoms in total. The second-order valence-corrected chi connectivity index (χ2v) is 5.23. The average molecular weight is 358 g/mol. The number of carbonyl (C=O) groups excluding carboxylic acids is 1. The zero-order valence-corrected chi connectivity index (χ0v) is 11.8. The normalized spacial score (nSPS) is 10.3. The number of hydrogen-bond donors (Lipinski definition) is 0. The molecule has 0 heterocycles. The number of benzene rings is 2. The molecule has 0 aliphatic heterocycles. The highest BCUT2D eigenvalue weighted by Gasteiger charge is 2.12. The third-order valence-electron chi connectivity index (χ3n) is 2.28. The Morgan fingerprint density at radius 1 is 1.00 bits per heavy atom. The predicted molar refractivity (Wildman–Crippen MR) is 71.7 cm³/mol. The van der Waals surface area contributed by atoms with Crippen LogP contribution in [0.5, 0.6) is 0 Å². The molecule has 4 heteroatoms. The summed E-state index contributed by atoms with van der Waals surface area (Å²) in [5.41, 5.74) is 1.01.